The van der Waals surface area contributed by atoms with E-state index in [4.69, 9.17) is 0 Å². The minimum atomic E-state index is -0.360. The third-order valence-corrected chi connectivity index (χ3v) is 5.21. The molecule has 136 valence electrons. The maximum Gasteiger partial charge on any atom is 0.270 e. The van der Waals surface area contributed by atoms with Gasteiger partial charge in [-0.05, 0) is 58.5 Å². The zero-order chi connectivity index (χ0) is 19.1. The lowest BCUT2D eigenvalue weighted by atomic mass is 10.1. The molecule has 5 nitrogen and oxygen atoms in total. The monoisotopic (exact) mass is 367 g/mol. The van der Waals surface area contributed by atoms with E-state index in [1.54, 1.807) is 12.1 Å². The second-order valence-electron chi connectivity index (χ2n) is 6.98. The first-order chi connectivity index (χ1) is 13.7. The van der Waals surface area contributed by atoms with Crippen LogP contribution in [0.15, 0.2) is 72.9 Å². The molecule has 0 unspecified atom stereocenters. The minimum absolute atomic E-state index is 0.107. The van der Waals surface area contributed by atoms with Crippen LogP contribution in [-0.2, 0) is 6.42 Å². The lowest BCUT2D eigenvalue weighted by Gasteiger charge is -2.09. The molecule has 5 rings (SSSR count). The molecule has 0 atom stereocenters. The fourth-order valence-corrected chi connectivity index (χ4v) is 3.87. The Balaban J connectivity index is 1.60. The molecular weight excluding hydrogens is 350 g/mol. The van der Waals surface area contributed by atoms with E-state index in [-0.39, 0.29) is 10.6 Å². The molecule has 5 heteroatoms. The first kappa shape index (κ1) is 16.4. The van der Waals surface area contributed by atoms with Crippen LogP contribution < -0.4 is 0 Å². The standard InChI is InChI=1S/C23H17N3O2/c27-26(28)22-7-3-4-16(13-22)12-19-8-9-20-15-24-25(23(19)20)21-11-10-17-5-1-2-6-18(17)14-21/h1-7,10-15H,8-9H2/b19-12-. The molecule has 1 aliphatic rings. The number of allylic oxidation sites excluding steroid dienone is 1. The summed E-state index contributed by atoms with van der Waals surface area (Å²) >= 11 is 0. The van der Waals surface area contributed by atoms with Crippen molar-refractivity contribution in [1.82, 2.24) is 9.78 Å². The van der Waals surface area contributed by atoms with E-state index in [1.807, 2.05) is 35.2 Å². The number of nitro benzene ring substituents is 1. The van der Waals surface area contributed by atoms with Gasteiger partial charge >= 0.3 is 0 Å². The normalized spacial score (nSPS) is 14.5. The molecule has 0 amide bonds. The lowest BCUT2D eigenvalue weighted by Crippen LogP contribution is -2.00. The predicted molar refractivity (Wildman–Crippen MR) is 110 cm³/mol. The number of aryl methyl sites for hydroxylation is 1. The number of aromatic nitrogens is 2. The fourth-order valence-electron chi connectivity index (χ4n) is 3.87. The average Bonchev–Trinajstić information content (AvgIpc) is 3.31. The van der Waals surface area contributed by atoms with E-state index >= 15 is 0 Å². The van der Waals surface area contributed by atoms with Crippen LogP contribution in [-0.4, -0.2) is 14.7 Å². The van der Waals surface area contributed by atoms with E-state index in [0.29, 0.717) is 0 Å². The molecule has 0 spiro atoms. The SMILES string of the molecule is O=[N+]([O-])c1cccc(/C=C2/CCc3cnn(-c4ccc5ccccc5c4)c32)c1. The summed E-state index contributed by atoms with van der Waals surface area (Å²) in [5.74, 6) is 0. The highest BCUT2D eigenvalue weighted by molar-refractivity contribution is 5.87. The van der Waals surface area contributed by atoms with Crippen molar-refractivity contribution in [1.29, 1.82) is 0 Å². The molecule has 0 aliphatic heterocycles. The van der Waals surface area contributed by atoms with Crippen LogP contribution in [0.1, 0.15) is 23.2 Å². The smallest absolute Gasteiger partial charge is 0.258 e. The number of nitro groups is 1. The number of rotatable bonds is 3. The minimum Gasteiger partial charge on any atom is -0.258 e. The number of nitrogens with zero attached hydrogens (tertiary/aromatic N) is 3. The predicted octanol–water partition coefficient (Wildman–Crippen LogP) is 5.42. The summed E-state index contributed by atoms with van der Waals surface area (Å²) in [7, 11) is 0. The summed E-state index contributed by atoms with van der Waals surface area (Å²) in [6, 6.07) is 21.4. The summed E-state index contributed by atoms with van der Waals surface area (Å²) in [5, 5.41) is 18.1. The van der Waals surface area contributed by atoms with Gasteiger partial charge in [-0.25, -0.2) is 4.68 Å². The van der Waals surface area contributed by atoms with Gasteiger partial charge in [-0.15, -0.1) is 0 Å². The molecule has 0 radical (unpaired) electrons. The zero-order valence-electron chi connectivity index (χ0n) is 15.1. The topological polar surface area (TPSA) is 61.0 Å². The van der Waals surface area contributed by atoms with Gasteiger partial charge in [-0.2, -0.15) is 5.10 Å². The highest BCUT2D eigenvalue weighted by atomic mass is 16.6. The van der Waals surface area contributed by atoms with Crippen LogP contribution in [0.2, 0.25) is 0 Å². The Kier molecular flexibility index (Phi) is 3.79. The third kappa shape index (κ3) is 2.77. The molecule has 4 aromatic rings. The molecule has 0 bridgehead atoms. The Morgan fingerprint density at radius 2 is 1.82 bits per heavy atom. The maximum absolute atomic E-state index is 11.1. The second kappa shape index (κ2) is 6.46. The van der Waals surface area contributed by atoms with Crippen LogP contribution in [0.4, 0.5) is 5.69 Å². The van der Waals surface area contributed by atoms with Crippen molar-refractivity contribution in [3.05, 3.63) is 99.9 Å². The van der Waals surface area contributed by atoms with Gasteiger partial charge in [0.05, 0.1) is 22.5 Å². The molecule has 0 N–H and O–H groups in total. The average molecular weight is 367 g/mol. The first-order valence-corrected chi connectivity index (χ1v) is 9.20. The second-order valence-corrected chi connectivity index (χ2v) is 6.98. The Morgan fingerprint density at radius 3 is 2.68 bits per heavy atom. The molecule has 0 saturated heterocycles. The lowest BCUT2D eigenvalue weighted by molar-refractivity contribution is -0.384. The van der Waals surface area contributed by atoms with Gasteiger partial charge in [-0.1, -0.05) is 42.5 Å². The van der Waals surface area contributed by atoms with Gasteiger partial charge in [0.1, 0.15) is 0 Å². The van der Waals surface area contributed by atoms with Crippen molar-refractivity contribution >= 4 is 28.1 Å². The largest absolute Gasteiger partial charge is 0.270 e. The van der Waals surface area contributed by atoms with Crippen molar-refractivity contribution in [3.63, 3.8) is 0 Å². The highest BCUT2D eigenvalue weighted by Gasteiger charge is 2.23. The Morgan fingerprint density at radius 1 is 0.964 bits per heavy atom. The van der Waals surface area contributed by atoms with Gasteiger partial charge < -0.3 is 0 Å². The first-order valence-electron chi connectivity index (χ1n) is 9.20. The molecular formula is C23H17N3O2. The van der Waals surface area contributed by atoms with E-state index in [9.17, 15) is 10.1 Å². The molecule has 1 aromatic heterocycles. The maximum atomic E-state index is 11.1. The third-order valence-electron chi connectivity index (χ3n) is 5.21. The number of hydrogen-bond acceptors (Lipinski definition) is 3. The summed E-state index contributed by atoms with van der Waals surface area (Å²) in [4.78, 5) is 10.7. The van der Waals surface area contributed by atoms with E-state index in [1.165, 1.54) is 22.4 Å². The molecule has 1 heterocycles. The van der Waals surface area contributed by atoms with Crippen molar-refractivity contribution in [2.45, 2.75) is 12.8 Å². The Bertz CT molecular complexity index is 1250. The van der Waals surface area contributed by atoms with Gasteiger partial charge in [0.2, 0.25) is 0 Å². The molecule has 0 saturated carbocycles. The summed E-state index contributed by atoms with van der Waals surface area (Å²) in [5.41, 5.74) is 5.43. The van der Waals surface area contributed by atoms with Crippen LogP contribution in [0.3, 0.4) is 0 Å². The van der Waals surface area contributed by atoms with Crippen LogP contribution in [0.5, 0.6) is 0 Å². The molecule has 1 aliphatic carbocycles. The van der Waals surface area contributed by atoms with Gasteiger partial charge in [0, 0.05) is 12.1 Å². The van der Waals surface area contributed by atoms with Crippen molar-refractivity contribution in [2.75, 3.05) is 0 Å². The number of benzene rings is 3. The highest BCUT2D eigenvalue weighted by Crippen LogP contribution is 2.35. The van der Waals surface area contributed by atoms with Crippen molar-refractivity contribution in [3.8, 4) is 5.69 Å². The van der Waals surface area contributed by atoms with Crippen molar-refractivity contribution in [2.24, 2.45) is 0 Å². The van der Waals surface area contributed by atoms with Crippen LogP contribution >= 0.6 is 0 Å². The Hall–Kier alpha value is -3.73. The summed E-state index contributed by atoms with van der Waals surface area (Å²) < 4.78 is 1.98. The van der Waals surface area contributed by atoms with Crippen LogP contribution in [0.25, 0.3) is 28.1 Å². The van der Waals surface area contributed by atoms with E-state index in [2.05, 4.69) is 35.4 Å². The number of fused-ring (bicyclic) bond motifs is 2. The number of hydrogen-bond donors (Lipinski definition) is 0. The van der Waals surface area contributed by atoms with Gasteiger partial charge in [0.25, 0.3) is 5.69 Å². The summed E-state index contributed by atoms with van der Waals surface area (Å²) in [6.45, 7) is 0. The zero-order valence-corrected chi connectivity index (χ0v) is 15.1. The fraction of sp³-hybridized carbons (Fsp3) is 0.0870. The quantitative estimate of drug-likeness (QED) is 0.359. The summed E-state index contributed by atoms with van der Waals surface area (Å²) in [6.07, 6.45) is 5.81. The molecule has 0 fully saturated rings. The van der Waals surface area contributed by atoms with E-state index < -0.39 is 0 Å². The Labute approximate surface area is 161 Å². The van der Waals surface area contributed by atoms with Crippen molar-refractivity contribution < 1.29 is 4.92 Å². The van der Waals surface area contributed by atoms with Crippen LogP contribution in [0, 0.1) is 10.1 Å². The number of non-ortho nitro benzene ring substituents is 1. The van der Waals surface area contributed by atoms with Gasteiger partial charge in [-0.3, -0.25) is 10.1 Å². The van der Waals surface area contributed by atoms with E-state index in [0.717, 1.165) is 35.4 Å². The molecule has 28 heavy (non-hydrogen) atoms. The van der Waals surface area contributed by atoms with Gasteiger partial charge in [0.15, 0.2) is 0 Å². The molecule has 3 aromatic carbocycles.